The molecule has 1 aromatic heterocycles. The molecule has 0 spiro atoms. The predicted molar refractivity (Wildman–Crippen MR) is 89.3 cm³/mol. The van der Waals surface area contributed by atoms with Gasteiger partial charge in [0.15, 0.2) is 0 Å². The summed E-state index contributed by atoms with van der Waals surface area (Å²) >= 11 is 0. The Morgan fingerprint density at radius 2 is 2.29 bits per heavy atom. The first kappa shape index (κ1) is 16.6. The standard InChI is InChI=1S/C16H19N5O2S/c1-20-7-6-19-16(20)15-11-18-5-8-21(15)24(22,23)12-14-4-2-3-13(9-14)10-17/h2-4,6-7,9,15,18H,5,8,11-12H2,1H3. The van der Waals surface area contributed by atoms with E-state index in [4.69, 9.17) is 5.26 Å². The molecule has 1 saturated heterocycles. The number of hydrogen-bond donors (Lipinski definition) is 1. The summed E-state index contributed by atoms with van der Waals surface area (Å²) in [6.07, 6.45) is 3.48. The van der Waals surface area contributed by atoms with E-state index in [2.05, 4.69) is 10.3 Å². The van der Waals surface area contributed by atoms with Crippen molar-refractivity contribution >= 4 is 10.0 Å². The molecule has 1 N–H and O–H groups in total. The Labute approximate surface area is 141 Å². The summed E-state index contributed by atoms with van der Waals surface area (Å²) in [5, 5.41) is 12.2. The Hall–Kier alpha value is -2.21. The van der Waals surface area contributed by atoms with Crippen molar-refractivity contribution in [3.63, 3.8) is 0 Å². The highest BCUT2D eigenvalue weighted by Gasteiger charge is 2.35. The summed E-state index contributed by atoms with van der Waals surface area (Å²) in [4.78, 5) is 4.31. The van der Waals surface area contributed by atoms with Crippen LogP contribution in [0.3, 0.4) is 0 Å². The summed E-state index contributed by atoms with van der Waals surface area (Å²) in [7, 11) is -1.66. The van der Waals surface area contributed by atoms with E-state index in [1.807, 2.05) is 23.9 Å². The summed E-state index contributed by atoms with van der Waals surface area (Å²) in [5.74, 6) is 0.597. The van der Waals surface area contributed by atoms with Crippen LogP contribution in [-0.2, 0) is 22.8 Å². The minimum atomic E-state index is -3.52. The lowest BCUT2D eigenvalue weighted by Crippen LogP contribution is -2.49. The van der Waals surface area contributed by atoms with Gasteiger partial charge >= 0.3 is 0 Å². The molecule has 0 amide bonds. The van der Waals surface area contributed by atoms with E-state index in [1.54, 1.807) is 30.5 Å². The SMILES string of the molecule is Cn1ccnc1C1CNCCN1S(=O)(=O)Cc1cccc(C#N)c1. The average molecular weight is 345 g/mol. The number of benzene rings is 1. The zero-order valence-corrected chi connectivity index (χ0v) is 14.2. The number of hydrogen-bond acceptors (Lipinski definition) is 5. The van der Waals surface area contributed by atoms with Crippen LogP contribution in [0.2, 0.25) is 0 Å². The van der Waals surface area contributed by atoms with Gasteiger partial charge in [-0.15, -0.1) is 0 Å². The van der Waals surface area contributed by atoms with Crippen molar-refractivity contribution in [3.8, 4) is 6.07 Å². The Kier molecular flexibility index (Phi) is 4.66. The van der Waals surface area contributed by atoms with Crippen molar-refractivity contribution in [3.05, 3.63) is 53.6 Å². The van der Waals surface area contributed by atoms with Crippen LogP contribution in [0.5, 0.6) is 0 Å². The van der Waals surface area contributed by atoms with Crippen LogP contribution in [-0.4, -0.2) is 41.9 Å². The van der Waals surface area contributed by atoms with E-state index in [0.717, 1.165) is 5.82 Å². The van der Waals surface area contributed by atoms with Crippen LogP contribution in [0.25, 0.3) is 0 Å². The molecule has 7 nitrogen and oxygen atoms in total. The molecule has 126 valence electrons. The molecule has 1 atom stereocenters. The second kappa shape index (κ2) is 6.73. The van der Waals surface area contributed by atoms with Gasteiger partial charge in [0.2, 0.25) is 10.0 Å². The molecule has 24 heavy (non-hydrogen) atoms. The highest BCUT2D eigenvalue weighted by molar-refractivity contribution is 7.88. The summed E-state index contributed by atoms with van der Waals surface area (Å²) in [5.41, 5.74) is 1.08. The molecule has 3 rings (SSSR count). The normalized spacial score (nSPS) is 19.1. The van der Waals surface area contributed by atoms with Crippen LogP contribution >= 0.6 is 0 Å². The maximum atomic E-state index is 12.9. The van der Waals surface area contributed by atoms with Gasteiger partial charge in [-0.3, -0.25) is 0 Å². The van der Waals surface area contributed by atoms with Crippen molar-refractivity contribution < 1.29 is 8.42 Å². The Balaban J connectivity index is 1.89. The monoisotopic (exact) mass is 345 g/mol. The van der Waals surface area contributed by atoms with Gasteiger partial charge in [-0.1, -0.05) is 12.1 Å². The van der Waals surface area contributed by atoms with Crippen LogP contribution < -0.4 is 5.32 Å². The molecule has 0 radical (unpaired) electrons. The van der Waals surface area contributed by atoms with Crippen molar-refractivity contribution in [1.29, 1.82) is 5.26 Å². The van der Waals surface area contributed by atoms with Crippen molar-refractivity contribution in [2.24, 2.45) is 7.05 Å². The molecule has 1 aliphatic rings. The average Bonchev–Trinajstić information content (AvgIpc) is 3.00. The van der Waals surface area contributed by atoms with Gasteiger partial charge in [0, 0.05) is 39.1 Å². The van der Waals surface area contributed by atoms with Gasteiger partial charge in [-0.25, -0.2) is 13.4 Å². The molecule has 0 bridgehead atoms. The van der Waals surface area contributed by atoms with E-state index < -0.39 is 10.0 Å². The van der Waals surface area contributed by atoms with Crippen LogP contribution in [0.15, 0.2) is 36.7 Å². The highest BCUT2D eigenvalue weighted by atomic mass is 32.2. The zero-order chi connectivity index (χ0) is 17.2. The molecular weight excluding hydrogens is 326 g/mol. The maximum Gasteiger partial charge on any atom is 0.219 e. The van der Waals surface area contributed by atoms with E-state index in [1.165, 1.54) is 4.31 Å². The largest absolute Gasteiger partial charge is 0.337 e. The summed E-state index contributed by atoms with van der Waals surface area (Å²) < 4.78 is 29.3. The van der Waals surface area contributed by atoms with Gasteiger partial charge in [-0.2, -0.15) is 9.57 Å². The Bertz CT molecular complexity index is 869. The number of aryl methyl sites for hydroxylation is 1. The third-order valence-corrected chi connectivity index (χ3v) is 5.96. The fourth-order valence-electron chi connectivity index (χ4n) is 2.96. The van der Waals surface area contributed by atoms with Gasteiger partial charge < -0.3 is 9.88 Å². The molecule has 1 aromatic carbocycles. The minimum absolute atomic E-state index is 0.122. The van der Waals surface area contributed by atoms with E-state index in [9.17, 15) is 8.42 Å². The van der Waals surface area contributed by atoms with Crippen molar-refractivity contribution in [2.45, 2.75) is 11.8 Å². The molecular formula is C16H19N5O2S. The number of piperazine rings is 1. The number of rotatable bonds is 4. The maximum absolute atomic E-state index is 12.9. The second-order valence-electron chi connectivity index (χ2n) is 5.80. The molecule has 1 fully saturated rings. The molecule has 2 aromatic rings. The summed E-state index contributed by atoms with van der Waals surface area (Å²) in [6, 6.07) is 8.43. The number of aromatic nitrogens is 2. The quantitative estimate of drug-likeness (QED) is 0.884. The van der Waals surface area contributed by atoms with Crippen molar-refractivity contribution in [2.75, 3.05) is 19.6 Å². The van der Waals surface area contributed by atoms with E-state index in [0.29, 0.717) is 30.8 Å². The fraction of sp³-hybridized carbons (Fsp3) is 0.375. The predicted octanol–water partition coefficient (Wildman–Crippen LogP) is 0.768. The molecule has 1 unspecified atom stereocenters. The third kappa shape index (κ3) is 3.33. The van der Waals surface area contributed by atoms with E-state index >= 15 is 0 Å². The van der Waals surface area contributed by atoms with Gasteiger partial charge in [0.25, 0.3) is 0 Å². The van der Waals surface area contributed by atoms with Gasteiger partial charge in [0.05, 0.1) is 23.4 Å². The molecule has 8 heteroatoms. The van der Waals surface area contributed by atoms with Crippen molar-refractivity contribution in [1.82, 2.24) is 19.2 Å². The smallest absolute Gasteiger partial charge is 0.219 e. The molecule has 2 heterocycles. The number of nitrogens with zero attached hydrogens (tertiary/aromatic N) is 4. The molecule has 0 saturated carbocycles. The lowest BCUT2D eigenvalue weighted by Gasteiger charge is -2.34. The highest BCUT2D eigenvalue weighted by Crippen LogP contribution is 2.25. The first-order valence-corrected chi connectivity index (χ1v) is 9.28. The van der Waals surface area contributed by atoms with Gasteiger partial charge in [0.1, 0.15) is 5.82 Å². The first-order valence-electron chi connectivity index (χ1n) is 7.68. The van der Waals surface area contributed by atoms with Crippen LogP contribution in [0, 0.1) is 11.3 Å². The number of nitrogens with one attached hydrogen (secondary N) is 1. The Morgan fingerprint density at radius 3 is 3.00 bits per heavy atom. The van der Waals surface area contributed by atoms with Gasteiger partial charge in [-0.05, 0) is 17.7 Å². The van der Waals surface area contributed by atoms with Crippen LogP contribution in [0.4, 0.5) is 0 Å². The first-order chi connectivity index (χ1) is 11.5. The number of sulfonamides is 1. The number of nitriles is 1. The topological polar surface area (TPSA) is 91.0 Å². The lowest BCUT2D eigenvalue weighted by atomic mass is 10.2. The fourth-order valence-corrected chi connectivity index (χ4v) is 4.65. The summed E-state index contributed by atoms with van der Waals surface area (Å²) in [6.45, 7) is 1.54. The minimum Gasteiger partial charge on any atom is -0.337 e. The third-order valence-electron chi connectivity index (χ3n) is 4.11. The molecule has 0 aliphatic carbocycles. The Morgan fingerprint density at radius 1 is 1.46 bits per heavy atom. The molecule has 1 aliphatic heterocycles. The van der Waals surface area contributed by atoms with E-state index in [-0.39, 0.29) is 11.8 Å². The number of imidazole rings is 1. The second-order valence-corrected chi connectivity index (χ2v) is 7.72. The zero-order valence-electron chi connectivity index (χ0n) is 13.4. The van der Waals surface area contributed by atoms with Crippen LogP contribution in [0.1, 0.15) is 23.0 Å². The lowest BCUT2D eigenvalue weighted by molar-refractivity contribution is 0.258.